The normalized spacial score (nSPS) is 21.4. The molecule has 1 unspecified atom stereocenters. The maximum atomic E-state index is 14.5. The van der Waals surface area contributed by atoms with E-state index in [-0.39, 0.29) is 46.7 Å². The highest BCUT2D eigenvalue weighted by Crippen LogP contribution is 2.37. The van der Waals surface area contributed by atoms with Gasteiger partial charge in [0.05, 0.1) is 34.0 Å². The maximum Gasteiger partial charge on any atom is 0.329 e. The molecule has 5 heterocycles. The summed E-state index contributed by atoms with van der Waals surface area (Å²) < 4.78 is 47.9. The average Bonchev–Trinajstić information content (AvgIpc) is 3.71. The Hall–Kier alpha value is -5.31. The smallest absolute Gasteiger partial charge is 0.320 e. The number of imidazole rings is 1. The van der Waals surface area contributed by atoms with Gasteiger partial charge in [0.2, 0.25) is 11.8 Å². The van der Waals surface area contributed by atoms with Crippen LogP contribution in [-0.4, -0.2) is 66.2 Å². The molecule has 2 aromatic carbocycles. The molecule has 0 radical (unpaired) electrons. The SMILES string of the molecule is Cn1c(=O)n(C2CCC(=O)NC2=O)c2ccc(C3CCN(CC4CCC(n5cc6cc(NC(=O)c7cccc(C(C)(C)F)n7)c(C(F)F)cc6n5)CC4)CC3)cc21. The second-order valence-corrected chi connectivity index (χ2v) is 16.4. The molecule has 1 atom stereocenters. The molecule has 57 heavy (non-hydrogen) atoms. The van der Waals surface area contributed by atoms with Crippen LogP contribution in [0.5, 0.6) is 0 Å². The molecule has 3 amide bonds. The first-order valence-electron chi connectivity index (χ1n) is 19.8. The standard InChI is InChI=1S/C42H47F3N8O4/c1-42(2,45)36-6-4-5-30(46-36)39(55)47-32-19-27-23-52(49-31(27)21-29(32)38(43)44)28-10-7-24(8-11-28)22-51-17-15-25(16-18-51)26-9-12-33-35(20-26)50(3)41(57)53(33)34-13-14-37(54)48-40(34)56/h4-6,9,12,19-21,23-25,28,34,38H,7-8,10-11,13-18,22H2,1-3H3,(H,47,55)(H,48,54,56). The van der Waals surface area contributed by atoms with Crippen molar-refractivity contribution < 1.29 is 27.6 Å². The van der Waals surface area contributed by atoms with E-state index in [0.717, 1.165) is 63.7 Å². The van der Waals surface area contributed by atoms with Crippen molar-refractivity contribution in [3.05, 3.63) is 87.7 Å². The van der Waals surface area contributed by atoms with Crippen LogP contribution in [0, 0.1) is 5.92 Å². The molecule has 2 aliphatic heterocycles. The van der Waals surface area contributed by atoms with Crippen LogP contribution in [0.1, 0.15) is 117 Å². The van der Waals surface area contributed by atoms with Crippen LogP contribution in [0.3, 0.4) is 0 Å². The van der Waals surface area contributed by atoms with Gasteiger partial charge in [-0.3, -0.25) is 33.5 Å². The van der Waals surface area contributed by atoms with E-state index in [1.165, 1.54) is 54.3 Å². The zero-order valence-electron chi connectivity index (χ0n) is 32.3. The largest absolute Gasteiger partial charge is 0.329 e. The number of alkyl halides is 3. The number of hydrogen-bond acceptors (Lipinski definition) is 7. The monoisotopic (exact) mass is 784 g/mol. The summed E-state index contributed by atoms with van der Waals surface area (Å²) in [7, 11) is 1.72. The molecule has 8 rings (SSSR count). The van der Waals surface area contributed by atoms with Crippen molar-refractivity contribution in [3.8, 4) is 0 Å². The lowest BCUT2D eigenvalue weighted by Gasteiger charge is -2.36. The molecule has 12 nitrogen and oxygen atoms in total. The number of halogens is 3. The van der Waals surface area contributed by atoms with Crippen molar-refractivity contribution in [2.75, 3.05) is 25.0 Å². The Morgan fingerprint density at radius 1 is 0.965 bits per heavy atom. The number of rotatable bonds is 9. The highest BCUT2D eigenvalue weighted by molar-refractivity contribution is 6.04. The van der Waals surface area contributed by atoms with Gasteiger partial charge in [-0.2, -0.15) is 5.10 Å². The number of likely N-dealkylation sites (tertiary alicyclic amines) is 1. The Balaban J connectivity index is 0.869. The van der Waals surface area contributed by atoms with Gasteiger partial charge in [0.25, 0.3) is 12.3 Å². The second-order valence-electron chi connectivity index (χ2n) is 16.4. The first kappa shape index (κ1) is 38.6. The number of imide groups is 1. The number of pyridine rings is 1. The third-order valence-electron chi connectivity index (χ3n) is 12.2. The van der Waals surface area contributed by atoms with Crippen LogP contribution < -0.4 is 16.3 Å². The lowest BCUT2D eigenvalue weighted by atomic mass is 9.84. The number of fused-ring (bicyclic) bond motifs is 2. The van der Waals surface area contributed by atoms with E-state index < -0.39 is 30.0 Å². The number of anilines is 1. The van der Waals surface area contributed by atoms with E-state index in [9.17, 15) is 32.3 Å². The summed E-state index contributed by atoms with van der Waals surface area (Å²) in [4.78, 5) is 57.2. The highest BCUT2D eigenvalue weighted by Gasteiger charge is 2.32. The number of piperidine rings is 2. The summed E-state index contributed by atoms with van der Waals surface area (Å²) in [6.45, 7) is 5.64. The Morgan fingerprint density at radius 3 is 2.42 bits per heavy atom. The fourth-order valence-corrected chi connectivity index (χ4v) is 8.93. The molecular formula is C42H47F3N8O4. The number of hydrogen-bond donors (Lipinski definition) is 2. The summed E-state index contributed by atoms with van der Waals surface area (Å²) in [6.07, 6.45) is 5.43. The number of carbonyl (C=O) groups excluding carboxylic acids is 3. The van der Waals surface area contributed by atoms with Gasteiger partial charge in [0.1, 0.15) is 17.4 Å². The topological polar surface area (TPSA) is 136 Å². The van der Waals surface area contributed by atoms with E-state index in [1.807, 2.05) is 16.9 Å². The average molecular weight is 785 g/mol. The van der Waals surface area contributed by atoms with Crippen molar-refractivity contribution in [1.82, 2.24) is 34.1 Å². The van der Waals surface area contributed by atoms with Crippen LogP contribution in [0.2, 0.25) is 0 Å². The van der Waals surface area contributed by atoms with Gasteiger partial charge in [0, 0.05) is 37.2 Å². The second kappa shape index (κ2) is 15.2. The Bertz CT molecular complexity index is 2420. The molecule has 5 aromatic rings. The van der Waals surface area contributed by atoms with Crippen molar-refractivity contribution >= 4 is 45.3 Å². The van der Waals surface area contributed by atoms with Crippen LogP contribution in [0.25, 0.3) is 21.9 Å². The lowest BCUT2D eigenvalue weighted by molar-refractivity contribution is -0.135. The quantitative estimate of drug-likeness (QED) is 0.153. The molecule has 3 fully saturated rings. The van der Waals surface area contributed by atoms with Crippen molar-refractivity contribution in [1.29, 1.82) is 0 Å². The molecule has 300 valence electrons. The minimum atomic E-state index is -2.85. The number of nitrogens with one attached hydrogen (secondary N) is 2. The van der Waals surface area contributed by atoms with E-state index in [4.69, 9.17) is 5.10 Å². The van der Waals surface area contributed by atoms with Gasteiger partial charge in [-0.1, -0.05) is 12.1 Å². The molecular weight excluding hydrogens is 738 g/mol. The van der Waals surface area contributed by atoms with Crippen LogP contribution in [-0.2, 0) is 22.3 Å². The molecule has 0 bridgehead atoms. The maximum absolute atomic E-state index is 14.5. The van der Waals surface area contributed by atoms with Crippen LogP contribution >= 0.6 is 0 Å². The molecule has 1 aliphatic carbocycles. The predicted molar refractivity (Wildman–Crippen MR) is 209 cm³/mol. The molecule has 2 saturated heterocycles. The fraction of sp³-hybridized carbons (Fsp3) is 0.476. The molecule has 0 spiro atoms. The summed E-state index contributed by atoms with van der Waals surface area (Å²) in [5.41, 5.74) is 0.700. The summed E-state index contributed by atoms with van der Waals surface area (Å²) in [6, 6.07) is 12.8. The first-order chi connectivity index (χ1) is 27.2. The van der Waals surface area contributed by atoms with Gasteiger partial charge in [-0.15, -0.1) is 0 Å². The Kier molecular flexibility index (Phi) is 10.3. The van der Waals surface area contributed by atoms with Gasteiger partial charge in [-0.05, 0) is 126 Å². The molecule has 15 heteroatoms. The molecule has 3 aromatic heterocycles. The molecule has 1 saturated carbocycles. The summed E-state index contributed by atoms with van der Waals surface area (Å²) in [5.74, 6) is -0.547. The number of carbonyl (C=O) groups is 3. The molecule has 3 aliphatic rings. The van der Waals surface area contributed by atoms with E-state index in [1.54, 1.807) is 11.6 Å². The summed E-state index contributed by atoms with van der Waals surface area (Å²) >= 11 is 0. The van der Waals surface area contributed by atoms with Crippen LogP contribution in [0.15, 0.2) is 59.5 Å². The van der Waals surface area contributed by atoms with Crippen LogP contribution in [0.4, 0.5) is 18.9 Å². The number of nitrogens with zero attached hydrogens (tertiary/aromatic N) is 6. The van der Waals surface area contributed by atoms with E-state index in [0.29, 0.717) is 34.7 Å². The Morgan fingerprint density at radius 2 is 1.72 bits per heavy atom. The fourth-order valence-electron chi connectivity index (χ4n) is 8.93. The first-order valence-corrected chi connectivity index (χ1v) is 19.8. The zero-order chi connectivity index (χ0) is 40.2. The lowest BCUT2D eigenvalue weighted by Crippen LogP contribution is -2.44. The van der Waals surface area contributed by atoms with Crippen molar-refractivity contribution in [2.45, 2.75) is 95.3 Å². The van der Waals surface area contributed by atoms with Gasteiger partial charge >= 0.3 is 5.69 Å². The van der Waals surface area contributed by atoms with Gasteiger partial charge < -0.3 is 10.2 Å². The summed E-state index contributed by atoms with van der Waals surface area (Å²) in [5, 5.41) is 10.3. The number of aryl methyl sites for hydroxylation is 1. The third-order valence-corrected chi connectivity index (χ3v) is 12.2. The number of benzene rings is 2. The third kappa shape index (κ3) is 7.73. The van der Waals surface area contributed by atoms with E-state index >= 15 is 0 Å². The van der Waals surface area contributed by atoms with Gasteiger partial charge in [0.15, 0.2) is 0 Å². The van der Waals surface area contributed by atoms with E-state index in [2.05, 4.69) is 32.7 Å². The van der Waals surface area contributed by atoms with Crippen molar-refractivity contribution in [2.24, 2.45) is 13.0 Å². The number of amides is 3. The molecule has 2 N–H and O–H groups in total. The predicted octanol–water partition coefficient (Wildman–Crippen LogP) is 7.07. The minimum absolute atomic E-state index is 0.0312. The van der Waals surface area contributed by atoms with Gasteiger partial charge in [-0.25, -0.2) is 22.9 Å². The van der Waals surface area contributed by atoms with Crippen molar-refractivity contribution in [3.63, 3.8) is 0 Å². The number of aromatic nitrogens is 5. The minimum Gasteiger partial charge on any atom is -0.320 e. The zero-order valence-corrected chi connectivity index (χ0v) is 32.3. The Labute approximate surface area is 327 Å². The highest BCUT2D eigenvalue weighted by atomic mass is 19.3.